The Bertz CT molecular complexity index is 406. The van der Waals surface area contributed by atoms with E-state index >= 15 is 0 Å². The first-order chi connectivity index (χ1) is 9.76. The van der Waals surface area contributed by atoms with Crippen molar-refractivity contribution in [1.82, 2.24) is 0 Å². The van der Waals surface area contributed by atoms with E-state index in [9.17, 15) is 14.4 Å². The predicted molar refractivity (Wildman–Crippen MR) is 71.0 cm³/mol. The van der Waals surface area contributed by atoms with E-state index in [1.165, 1.54) is 20.8 Å². The highest BCUT2D eigenvalue weighted by molar-refractivity contribution is 5.68. The van der Waals surface area contributed by atoms with Gasteiger partial charge in [-0.05, 0) is 6.42 Å². The van der Waals surface area contributed by atoms with Gasteiger partial charge >= 0.3 is 17.9 Å². The third-order valence-corrected chi connectivity index (χ3v) is 3.29. The van der Waals surface area contributed by atoms with Gasteiger partial charge in [-0.25, -0.2) is 0 Å². The molecule has 7 nitrogen and oxygen atoms in total. The highest BCUT2D eigenvalue weighted by Crippen LogP contribution is 2.32. The van der Waals surface area contributed by atoms with E-state index < -0.39 is 36.4 Å². The van der Waals surface area contributed by atoms with Crippen LogP contribution in [0.4, 0.5) is 0 Å². The molecule has 0 spiro atoms. The summed E-state index contributed by atoms with van der Waals surface area (Å²) in [5, 5.41) is 0. The smallest absolute Gasteiger partial charge is 0.305 e. The molecule has 0 aromatic heterocycles. The Balaban J connectivity index is 3.05. The molecule has 0 aromatic carbocycles. The topological polar surface area (TPSA) is 88.1 Å². The van der Waals surface area contributed by atoms with E-state index in [1.54, 1.807) is 0 Å². The lowest BCUT2D eigenvalue weighted by atomic mass is 9.89. The van der Waals surface area contributed by atoms with E-state index in [-0.39, 0.29) is 12.0 Å². The maximum Gasteiger partial charge on any atom is 0.305 e. The monoisotopic (exact) mass is 302 g/mol. The van der Waals surface area contributed by atoms with Crippen molar-refractivity contribution >= 4 is 17.9 Å². The van der Waals surface area contributed by atoms with Crippen LogP contribution >= 0.6 is 0 Å². The molecule has 21 heavy (non-hydrogen) atoms. The molecule has 1 aliphatic heterocycles. The van der Waals surface area contributed by atoms with Crippen molar-refractivity contribution in [3.05, 3.63) is 0 Å². The van der Waals surface area contributed by atoms with Crippen molar-refractivity contribution in [2.75, 3.05) is 0 Å². The van der Waals surface area contributed by atoms with Crippen LogP contribution in [0.15, 0.2) is 0 Å². The zero-order valence-corrected chi connectivity index (χ0v) is 13.0. The number of carbonyl (C=O) groups excluding carboxylic acids is 3. The van der Waals surface area contributed by atoms with Crippen LogP contribution in [-0.2, 0) is 33.3 Å². The molecule has 5 atom stereocenters. The molecule has 0 amide bonds. The summed E-state index contributed by atoms with van der Waals surface area (Å²) in [4.78, 5) is 33.8. The third-order valence-electron chi connectivity index (χ3n) is 3.29. The fourth-order valence-corrected chi connectivity index (χ4v) is 2.45. The van der Waals surface area contributed by atoms with Crippen LogP contribution in [0.1, 0.15) is 41.0 Å². The number of esters is 3. The molecule has 0 aromatic rings. The summed E-state index contributed by atoms with van der Waals surface area (Å²) in [5.41, 5.74) is 0. The van der Waals surface area contributed by atoms with Gasteiger partial charge in [0, 0.05) is 26.7 Å². The molecule has 1 rings (SSSR count). The zero-order chi connectivity index (χ0) is 16.2. The lowest BCUT2D eigenvalue weighted by Crippen LogP contribution is -2.57. The summed E-state index contributed by atoms with van der Waals surface area (Å²) < 4.78 is 21.2. The maximum absolute atomic E-state index is 11.3. The molecule has 120 valence electrons. The van der Waals surface area contributed by atoms with Crippen molar-refractivity contribution in [2.24, 2.45) is 5.92 Å². The average Bonchev–Trinajstić information content (AvgIpc) is 2.35. The van der Waals surface area contributed by atoms with Crippen LogP contribution in [0.2, 0.25) is 0 Å². The van der Waals surface area contributed by atoms with Gasteiger partial charge in [0.25, 0.3) is 0 Å². The molecular formula is C14H22O7. The minimum Gasteiger partial charge on any atom is -0.458 e. The van der Waals surface area contributed by atoms with E-state index in [4.69, 9.17) is 18.9 Å². The van der Waals surface area contributed by atoms with E-state index in [0.717, 1.165) is 0 Å². The van der Waals surface area contributed by atoms with Gasteiger partial charge in [-0.2, -0.15) is 0 Å². The van der Waals surface area contributed by atoms with Crippen LogP contribution in [-0.4, -0.2) is 42.5 Å². The Morgan fingerprint density at radius 2 is 1.38 bits per heavy atom. The van der Waals surface area contributed by atoms with Gasteiger partial charge in [0.2, 0.25) is 12.4 Å². The van der Waals surface area contributed by atoms with E-state index in [1.807, 2.05) is 13.8 Å². The van der Waals surface area contributed by atoms with Crippen LogP contribution in [0.3, 0.4) is 0 Å². The highest BCUT2D eigenvalue weighted by Gasteiger charge is 2.48. The number of ether oxygens (including phenoxy) is 4. The minimum atomic E-state index is -1.09. The van der Waals surface area contributed by atoms with Crippen LogP contribution < -0.4 is 0 Å². The molecule has 0 bridgehead atoms. The minimum absolute atomic E-state index is 0.199. The third kappa shape index (κ3) is 4.70. The number of carbonyl (C=O) groups is 3. The molecule has 0 saturated carbocycles. The Morgan fingerprint density at radius 1 is 0.905 bits per heavy atom. The Kier molecular flexibility index (Phi) is 6.14. The van der Waals surface area contributed by atoms with Gasteiger partial charge in [0.15, 0.2) is 0 Å². The lowest BCUT2D eigenvalue weighted by molar-refractivity contribution is -0.281. The van der Waals surface area contributed by atoms with Gasteiger partial charge in [0.1, 0.15) is 6.10 Å². The van der Waals surface area contributed by atoms with Crippen LogP contribution in [0.25, 0.3) is 0 Å². The lowest BCUT2D eigenvalue weighted by Gasteiger charge is -2.43. The van der Waals surface area contributed by atoms with Gasteiger partial charge in [-0.3, -0.25) is 14.4 Å². The first-order valence-electron chi connectivity index (χ1n) is 6.93. The van der Waals surface area contributed by atoms with Gasteiger partial charge < -0.3 is 18.9 Å². The standard InChI is InChI=1S/C14H22O7/c1-6-11-7(2)12(18-8(3)15)13(19-9(4)16)14(21-11)20-10(5)17/h7,11-14H,6H2,1-5H3/t7-,11-,12+,13-,14+/m0/s1. The van der Waals surface area contributed by atoms with Crippen molar-refractivity contribution in [2.45, 2.75) is 65.6 Å². The van der Waals surface area contributed by atoms with Crippen molar-refractivity contribution < 1.29 is 33.3 Å². The zero-order valence-electron chi connectivity index (χ0n) is 13.0. The molecule has 1 aliphatic rings. The molecule has 0 radical (unpaired) electrons. The first kappa shape index (κ1) is 17.4. The summed E-state index contributed by atoms with van der Waals surface area (Å²) in [6.07, 6.45) is -2.42. The number of hydrogen-bond donors (Lipinski definition) is 0. The Morgan fingerprint density at radius 3 is 1.81 bits per heavy atom. The van der Waals surface area contributed by atoms with Gasteiger partial charge in [-0.15, -0.1) is 0 Å². The summed E-state index contributed by atoms with van der Waals surface area (Å²) in [6.45, 7) is 7.47. The molecular weight excluding hydrogens is 280 g/mol. The summed E-state index contributed by atoms with van der Waals surface area (Å²) in [5.74, 6) is -1.83. The van der Waals surface area contributed by atoms with E-state index in [0.29, 0.717) is 6.42 Å². The molecule has 0 aliphatic carbocycles. The maximum atomic E-state index is 11.3. The second-order valence-electron chi connectivity index (χ2n) is 5.07. The van der Waals surface area contributed by atoms with Crippen LogP contribution in [0, 0.1) is 5.92 Å². The normalized spacial score (nSPS) is 32.1. The second-order valence-corrected chi connectivity index (χ2v) is 5.07. The van der Waals surface area contributed by atoms with Crippen molar-refractivity contribution in [3.63, 3.8) is 0 Å². The molecule has 0 N–H and O–H groups in total. The fourth-order valence-electron chi connectivity index (χ4n) is 2.45. The number of hydrogen-bond acceptors (Lipinski definition) is 7. The van der Waals surface area contributed by atoms with Gasteiger partial charge in [0.05, 0.1) is 6.10 Å². The molecule has 1 fully saturated rings. The molecule has 1 saturated heterocycles. The fraction of sp³-hybridized carbons (Fsp3) is 0.786. The molecule has 7 heteroatoms. The van der Waals surface area contributed by atoms with Crippen molar-refractivity contribution in [1.29, 1.82) is 0 Å². The van der Waals surface area contributed by atoms with Crippen molar-refractivity contribution in [3.8, 4) is 0 Å². The Labute approximate surface area is 123 Å². The first-order valence-corrected chi connectivity index (χ1v) is 6.93. The largest absolute Gasteiger partial charge is 0.458 e. The second kappa shape index (κ2) is 7.40. The van der Waals surface area contributed by atoms with Crippen LogP contribution in [0.5, 0.6) is 0 Å². The summed E-state index contributed by atoms with van der Waals surface area (Å²) >= 11 is 0. The van der Waals surface area contributed by atoms with Gasteiger partial charge in [-0.1, -0.05) is 13.8 Å². The quantitative estimate of drug-likeness (QED) is 0.569. The number of rotatable bonds is 4. The summed E-state index contributed by atoms with van der Waals surface area (Å²) in [7, 11) is 0. The summed E-state index contributed by atoms with van der Waals surface area (Å²) in [6, 6.07) is 0. The average molecular weight is 302 g/mol. The SMILES string of the molecule is CC[C@@H]1O[C@@H](OC(C)=O)[C@@H](OC(C)=O)[C@H](OC(C)=O)[C@H]1C. The highest BCUT2D eigenvalue weighted by atomic mass is 16.7. The van der Waals surface area contributed by atoms with E-state index in [2.05, 4.69) is 0 Å². The molecule has 0 unspecified atom stereocenters. The molecule has 1 heterocycles. The Hall–Kier alpha value is -1.63. The predicted octanol–water partition coefficient (Wildman–Crippen LogP) is 1.18.